The Morgan fingerprint density at radius 3 is 2.62 bits per heavy atom. The molecular weight excluding hydrogens is 220 g/mol. The van der Waals surface area contributed by atoms with Crippen LogP contribution in [0.25, 0.3) is 0 Å². The van der Waals surface area contributed by atoms with Gasteiger partial charge in [-0.15, -0.1) is 0 Å². The van der Waals surface area contributed by atoms with E-state index in [0.717, 1.165) is 6.61 Å². The van der Waals surface area contributed by atoms with E-state index in [1.807, 2.05) is 0 Å². The molecule has 3 nitrogen and oxygen atoms in total. The van der Waals surface area contributed by atoms with Crippen molar-refractivity contribution < 1.29 is 4.74 Å². The average Bonchev–Trinajstić information content (AvgIpc) is 2.71. The number of hydrogen-bond donors (Lipinski definition) is 1. The zero-order valence-electron chi connectivity index (χ0n) is 10.5. The molecule has 3 unspecified atom stereocenters. The van der Waals surface area contributed by atoms with E-state index >= 15 is 0 Å². The molecule has 2 N–H and O–H groups in total. The van der Waals surface area contributed by atoms with E-state index in [1.165, 1.54) is 5.56 Å². The summed E-state index contributed by atoms with van der Waals surface area (Å²) in [7, 11) is 3.84. The van der Waals surface area contributed by atoms with Gasteiger partial charge in [-0.25, -0.2) is 0 Å². The summed E-state index contributed by atoms with van der Waals surface area (Å²) in [5.41, 5.74) is 7.38. The van der Waals surface area contributed by atoms with E-state index in [1.54, 1.807) is 18.4 Å². The molecule has 92 valence electrons. The standard InChI is InChI=1S/C12H22N2OS/c1-9(7-15-4)14(3)12(10(2)13)11-5-6-16-8-11/h5-6,8-10,12H,7,13H2,1-4H3. The highest BCUT2D eigenvalue weighted by Crippen LogP contribution is 2.25. The Hall–Kier alpha value is -0.420. The Kier molecular flexibility index (Phi) is 5.41. The molecule has 0 amide bonds. The molecule has 3 atom stereocenters. The Balaban J connectivity index is 2.78. The number of hydrogen-bond acceptors (Lipinski definition) is 4. The molecule has 0 aromatic carbocycles. The second kappa shape index (κ2) is 6.35. The Labute approximate surface area is 102 Å². The topological polar surface area (TPSA) is 38.5 Å². The van der Waals surface area contributed by atoms with Gasteiger partial charge in [0.2, 0.25) is 0 Å². The molecule has 0 saturated carbocycles. The highest BCUT2D eigenvalue weighted by atomic mass is 32.1. The third-order valence-electron chi connectivity index (χ3n) is 2.92. The van der Waals surface area contributed by atoms with Crippen LogP contribution in [0.1, 0.15) is 25.5 Å². The zero-order valence-corrected chi connectivity index (χ0v) is 11.3. The van der Waals surface area contributed by atoms with Crippen molar-refractivity contribution in [2.24, 2.45) is 5.73 Å². The smallest absolute Gasteiger partial charge is 0.0615 e. The van der Waals surface area contributed by atoms with Gasteiger partial charge in [-0.2, -0.15) is 11.3 Å². The van der Waals surface area contributed by atoms with Crippen LogP contribution in [-0.4, -0.2) is 37.7 Å². The van der Waals surface area contributed by atoms with Crippen molar-refractivity contribution in [1.29, 1.82) is 0 Å². The van der Waals surface area contributed by atoms with Crippen LogP contribution in [0.15, 0.2) is 16.8 Å². The number of ether oxygens (including phenoxy) is 1. The Bertz CT molecular complexity index is 287. The molecule has 1 aromatic heterocycles. The lowest BCUT2D eigenvalue weighted by atomic mass is 10.0. The van der Waals surface area contributed by atoms with Gasteiger partial charge in [0.1, 0.15) is 0 Å². The van der Waals surface area contributed by atoms with Gasteiger partial charge in [0.05, 0.1) is 12.6 Å². The first-order chi connectivity index (χ1) is 7.57. The molecule has 0 aliphatic carbocycles. The summed E-state index contributed by atoms with van der Waals surface area (Å²) in [6.45, 7) is 4.94. The van der Waals surface area contributed by atoms with E-state index in [-0.39, 0.29) is 12.1 Å². The molecule has 1 aromatic rings. The summed E-state index contributed by atoms with van der Waals surface area (Å²) in [4.78, 5) is 2.29. The minimum Gasteiger partial charge on any atom is -0.383 e. The molecule has 1 heterocycles. The number of nitrogens with two attached hydrogens (primary N) is 1. The van der Waals surface area contributed by atoms with E-state index in [2.05, 4.69) is 42.6 Å². The normalized spacial score (nSPS) is 17.4. The van der Waals surface area contributed by atoms with Gasteiger partial charge in [-0.1, -0.05) is 0 Å². The lowest BCUT2D eigenvalue weighted by molar-refractivity contribution is 0.0821. The van der Waals surface area contributed by atoms with Crippen LogP contribution in [-0.2, 0) is 4.74 Å². The summed E-state index contributed by atoms with van der Waals surface area (Å²) in [6, 6.07) is 2.88. The van der Waals surface area contributed by atoms with Gasteiger partial charge in [-0.05, 0) is 43.3 Å². The molecule has 0 bridgehead atoms. The molecule has 1 rings (SSSR count). The van der Waals surface area contributed by atoms with Crippen LogP contribution in [0, 0.1) is 0 Å². The molecule has 0 aliphatic heterocycles. The van der Waals surface area contributed by atoms with Crippen LogP contribution >= 0.6 is 11.3 Å². The molecule has 0 fully saturated rings. The van der Waals surface area contributed by atoms with E-state index in [9.17, 15) is 0 Å². The molecule has 0 radical (unpaired) electrons. The van der Waals surface area contributed by atoms with E-state index in [0.29, 0.717) is 6.04 Å². The van der Waals surface area contributed by atoms with Crippen molar-refractivity contribution >= 4 is 11.3 Å². The predicted molar refractivity (Wildman–Crippen MR) is 69.8 cm³/mol. The van der Waals surface area contributed by atoms with E-state index < -0.39 is 0 Å². The van der Waals surface area contributed by atoms with Crippen molar-refractivity contribution in [2.45, 2.75) is 32.0 Å². The third-order valence-corrected chi connectivity index (χ3v) is 3.63. The van der Waals surface area contributed by atoms with Gasteiger partial charge >= 0.3 is 0 Å². The largest absolute Gasteiger partial charge is 0.383 e. The van der Waals surface area contributed by atoms with Gasteiger partial charge in [-0.3, -0.25) is 4.90 Å². The molecule has 4 heteroatoms. The highest BCUT2D eigenvalue weighted by Gasteiger charge is 2.24. The van der Waals surface area contributed by atoms with Crippen LogP contribution in [0.3, 0.4) is 0 Å². The minimum absolute atomic E-state index is 0.110. The SMILES string of the molecule is COCC(C)N(C)C(c1ccsc1)C(C)N. The number of thiophene rings is 1. The van der Waals surface area contributed by atoms with Crippen molar-refractivity contribution in [1.82, 2.24) is 4.90 Å². The van der Waals surface area contributed by atoms with Gasteiger partial charge in [0.15, 0.2) is 0 Å². The first kappa shape index (κ1) is 13.6. The lowest BCUT2D eigenvalue weighted by Gasteiger charge is -2.35. The van der Waals surface area contributed by atoms with Crippen molar-refractivity contribution in [3.63, 3.8) is 0 Å². The second-order valence-corrected chi connectivity index (χ2v) is 5.11. The fourth-order valence-electron chi connectivity index (χ4n) is 1.99. The summed E-state index contributed by atoms with van der Waals surface area (Å²) < 4.78 is 5.19. The first-order valence-electron chi connectivity index (χ1n) is 5.56. The molecule has 16 heavy (non-hydrogen) atoms. The fourth-order valence-corrected chi connectivity index (χ4v) is 2.68. The minimum atomic E-state index is 0.110. The fraction of sp³-hybridized carbons (Fsp3) is 0.667. The highest BCUT2D eigenvalue weighted by molar-refractivity contribution is 7.07. The summed E-state index contributed by atoms with van der Waals surface area (Å²) in [5, 5.41) is 4.27. The summed E-state index contributed by atoms with van der Waals surface area (Å²) in [6.07, 6.45) is 0. The maximum atomic E-state index is 6.08. The third kappa shape index (κ3) is 3.28. The quantitative estimate of drug-likeness (QED) is 0.830. The first-order valence-corrected chi connectivity index (χ1v) is 6.50. The van der Waals surface area contributed by atoms with E-state index in [4.69, 9.17) is 10.5 Å². The van der Waals surface area contributed by atoms with Gasteiger partial charge in [0.25, 0.3) is 0 Å². The number of rotatable bonds is 6. The zero-order chi connectivity index (χ0) is 12.1. The van der Waals surface area contributed by atoms with Crippen molar-refractivity contribution in [3.05, 3.63) is 22.4 Å². The number of likely N-dealkylation sites (N-methyl/N-ethyl adjacent to an activating group) is 1. The van der Waals surface area contributed by atoms with Crippen LogP contribution in [0.2, 0.25) is 0 Å². The molecule has 0 aliphatic rings. The van der Waals surface area contributed by atoms with Crippen molar-refractivity contribution in [2.75, 3.05) is 20.8 Å². The average molecular weight is 242 g/mol. The van der Waals surface area contributed by atoms with Crippen LogP contribution in [0.4, 0.5) is 0 Å². The maximum absolute atomic E-state index is 6.08. The molecule has 0 spiro atoms. The molecule has 0 saturated heterocycles. The predicted octanol–water partition coefficient (Wildman–Crippen LogP) is 2.10. The summed E-state index contributed by atoms with van der Waals surface area (Å²) >= 11 is 1.71. The number of methoxy groups -OCH3 is 1. The van der Waals surface area contributed by atoms with Crippen LogP contribution < -0.4 is 5.73 Å². The Morgan fingerprint density at radius 1 is 1.50 bits per heavy atom. The number of nitrogens with zero attached hydrogens (tertiary/aromatic N) is 1. The monoisotopic (exact) mass is 242 g/mol. The Morgan fingerprint density at radius 2 is 2.19 bits per heavy atom. The molecular formula is C12H22N2OS. The van der Waals surface area contributed by atoms with Gasteiger partial charge < -0.3 is 10.5 Å². The maximum Gasteiger partial charge on any atom is 0.0615 e. The van der Waals surface area contributed by atoms with Gasteiger partial charge in [0, 0.05) is 19.2 Å². The second-order valence-electron chi connectivity index (χ2n) is 4.33. The van der Waals surface area contributed by atoms with Crippen molar-refractivity contribution in [3.8, 4) is 0 Å². The summed E-state index contributed by atoms with van der Waals surface area (Å²) in [5.74, 6) is 0. The lowest BCUT2D eigenvalue weighted by Crippen LogP contribution is -2.43. The van der Waals surface area contributed by atoms with Crippen LogP contribution in [0.5, 0.6) is 0 Å².